The lowest BCUT2D eigenvalue weighted by Gasteiger charge is -2.44. The predicted octanol–water partition coefficient (Wildman–Crippen LogP) is 1.12. The quantitative estimate of drug-likeness (QED) is 0.596. The summed E-state index contributed by atoms with van der Waals surface area (Å²) in [5.41, 5.74) is -1.10. The van der Waals surface area contributed by atoms with Crippen molar-refractivity contribution in [1.82, 2.24) is 0 Å². The summed E-state index contributed by atoms with van der Waals surface area (Å²) in [7, 11) is 1.18. The van der Waals surface area contributed by atoms with Crippen LogP contribution in [0.5, 0.6) is 11.5 Å². The fourth-order valence-electron chi connectivity index (χ4n) is 3.18. The number of phenolic OH excluding ortho intramolecular Hbond substituents is 1. The number of aliphatic hydroxyl groups excluding tert-OH is 1. The van der Waals surface area contributed by atoms with E-state index < -0.39 is 29.4 Å². The molecule has 2 aliphatic rings. The van der Waals surface area contributed by atoms with E-state index in [-0.39, 0.29) is 23.5 Å². The summed E-state index contributed by atoms with van der Waals surface area (Å²) >= 11 is 0. The number of aryl methyl sites for hydroxylation is 1. The first-order chi connectivity index (χ1) is 10.4. The molecular formula is C16H16O6. The Morgan fingerprint density at radius 2 is 2.18 bits per heavy atom. The molecule has 1 heterocycles. The van der Waals surface area contributed by atoms with Crippen molar-refractivity contribution in [2.45, 2.75) is 25.0 Å². The molecule has 116 valence electrons. The van der Waals surface area contributed by atoms with Crippen molar-refractivity contribution in [1.29, 1.82) is 0 Å². The molecule has 0 fully saturated rings. The molecule has 1 aliphatic carbocycles. The van der Waals surface area contributed by atoms with Crippen molar-refractivity contribution in [3.05, 3.63) is 35.4 Å². The summed E-state index contributed by atoms with van der Waals surface area (Å²) in [5.74, 6) is -2.30. The number of allylic oxidation sites excluding steroid dienone is 1. The fraction of sp³-hybridized carbons (Fsp3) is 0.375. The van der Waals surface area contributed by atoms with Crippen LogP contribution in [0.2, 0.25) is 0 Å². The first-order valence-electron chi connectivity index (χ1n) is 6.91. The number of aliphatic hydroxyl groups is 1. The number of Topliss-reactive ketones (excluding diaryl/α,β-unsaturated/α-hetero) is 1. The van der Waals surface area contributed by atoms with Crippen LogP contribution in [0.1, 0.15) is 22.3 Å². The van der Waals surface area contributed by atoms with Gasteiger partial charge in [0.1, 0.15) is 23.2 Å². The Morgan fingerprint density at radius 3 is 2.86 bits per heavy atom. The number of carbonyl (C=O) groups excluding carboxylic acids is 2. The lowest BCUT2D eigenvalue weighted by atomic mass is 9.71. The van der Waals surface area contributed by atoms with E-state index in [0.717, 1.165) is 0 Å². The Bertz CT molecular complexity index is 692. The van der Waals surface area contributed by atoms with Gasteiger partial charge in [-0.25, -0.2) is 4.79 Å². The number of esters is 1. The van der Waals surface area contributed by atoms with Crippen LogP contribution in [0, 0.1) is 12.8 Å². The third-order valence-corrected chi connectivity index (χ3v) is 4.22. The van der Waals surface area contributed by atoms with E-state index >= 15 is 0 Å². The van der Waals surface area contributed by atoms with Gasteiger partial charge in [0.2, 0.25) is 5.60 Å². The van der Waals surface area contributed by atoms with Gasteiger partial charge in [-0.1, -0.05) is 12.2 Å². The van der Waals surface area contributed by atoms with Crippen molar-refractivity contribution in [2.75, 3.05) is 7.11 Å². The molecule has 3 atom stereocenters. The van der Waals surface area contributed by atoms with Gasteiger partial charge >= 0.3 is 5.97 Å². The van der Waals surface area contributed by atoms with E-state index in [1.807, 2.05) is 0 Å². The summed E-state index contributed by atoms with van der Waals surface area (Å²) in [5, 5.41) is 20.4. The average Bonchev–Trinajstić information content (AvgIpc) is 2.47. The summed E-state index contributed by atoms with van der Waals surface area (Å²) in [6.45, 7) is 1.72. The first kappa shape index (κ1) is 14.6. The Balaban J connectivity index is 2.24. The van der Waals surface area contributed by atoms with E-state index in [1.54, 1.807) is 19.1 Å². The lowest BCUT2D eigenvalue weighted by molar-refractivity contribution is -0.174. The van der Waals surface area contributed by atoms with Crippen LogP contribution < -0.4 is 4.74 Å². The number of rotatable bonds is 1. The summed E-state index contributed by atoms with van der Waals surface area (Å²) in [6, 6.07) is 3.01. The summed E-state index contributed by atoms with van der Waals surface area (Å²) in [4.78, 5) is 25.1. The first-order valence-corrected chi connectivity index (χ1v) is 6.91. The number of ether oxygens (including phenoxy) is 2. The molecule has 2 N–H and O–H groups in total. The van der Waals surface area contributed by atoms with Crippen LogP contribution in [0.15, 0.2) is 24.3 Å². The average molecular weight is 304 g/mol. The third kappa shape index (κ3) is 1.77. The smallest absolute Gasteiger partial charge is 0.354 e. The van der Waals surface area contributed by atoms with Gasteiger partial charge in [-0.2, -0.15) is 0 Å². The Hall–Kier alpha value is -2.34. The van der Waals surface area contributed by atoms with Gasteiger partial charge in [0.05, 0.1) is 13.0 Å². The highest BCUT2D eigenvalue weighted by Crippen LogP contribution is 2.46. The van der Waals surface area contributed by atoms with Crippen molar-refractivity contribution in [3.8, 4) is 11.5 Å². The molecule has 0 amide bonds. The number of carbonyl (C=O) groups is 2. The maximum atomic E-state index is 12.8. The Kier molecular flexibility index (Phi) is 3.21. The molecule has 0 aromatic heterocycles. The number of fused-ring (bicyclic) bond motifs is 2. The molecule has 0 radical (unpaired) electrons. The highest BCUT2D eigenvalue weighted by Gasteiger charge is 2.61. The van der Waals surface area contributed by atoms with E-state index in [1.165, 1.54) is 19.3 Å². The zero-order chi connectivity index (χ0) is 16.1. The van der Waals surface area contributed by atoms with E-state index in [2.05, 4.69) is 0 Å². The molecule has 6 heteroatoms. The number of benzene rings is 1. The van der Waals surface area contributed by atoms with Crippen molar-refractivity contribution >= 4 is 11.8 Å². The molecule has 0 spiro atoms. The standard InChI is InChI=1S/C16H16O6/c1-8-6-10(17)13-11(7-8)22-16(15(20)21-2)9(14(13)19)4-3-5-12(16)18/h3,5-7,9,12,17-18H,4H2,1-2H3/t9-,12-,16+/m1/s1. The molecule has 0 bridgehead atoms. The minimum Gasteiger partial charge on any atom is -0.507 e. The fourth-order valence-corrected chi connectivity index (χ4v) is 3.18. The molecule has 1 aromatic rings. The Labute approximate surface area is 127 Å². The molecule has 0 saturated heterocycles. The highest BCUT2D eigenvalue weighted by atomic mass is 16.6. The molecule has 3 rings (SSSR count). The number of methoxy groups -OCH3 is 1. The van der Waals surface area contributed by atoms with Gasteiger partial charge in [-0.3, -0.25) is 4.79 Å². The second kappa shape index (κ2) is 4.84. The summed E-state index contributed by atoms with van der Waals surface area (Å²) < 4.78 is 10.5. The SMILES string of the molecule is COC(=O)[C@]12Oc3cc(C)cc(O)c3C(=O)[C@H]1CC=C[C@H]2O. The minimum absolute atomic E-state index is 0.0395. The molecule has 0 saturated carbocycles. The number of hydrogen-bond donors (Lipinski definition) is 2. The van der Waals surface area contributed by atoms with Gasteiger partial charge in [0.25, 0.3) is 0 Å². The van der Waals surface area contributed by atoms with Gasteiger partial charge < -0.3 is 19.7 Å². The predicted molar refractivity (Wildman–Crippen MR) is 75.8 cm³/mol. The van der Waals surface area contributed by atoms with E-state index in [4.69, 9.17) is 9.47 Å². The van der Waals surface area contributed by atoms with Gasteiger partial charge in [-0.15, -0.1) is 0 Å². The molecule has 1 aliphatic heterocycles. The second-order valence-corrected chi connectivity index (χ2v) is 5.57. The van der Waals surface area contributed by atoms with Gasteiger partial charge in [-0.05, 0) is 31.0 Å². The van der Waals surface area contributed by atoms with Crippen LogP contribution in [0.4, 0.5) is 0 Å². The zero-order valence-corrected chi connectivity index (χ0v) is 12.2. The van der Waals surface area contributed by atoms with Crippen LogP contribution in [-0.4, -0.2) is 40.8 Å². The molecule has 1 aromatic carbocycles. The van der Waals surface area contributed by atoms with Crippen LogP contribution >= 0.6 is 0 Å². The second-order valence-electron chi connectivity index (χ2n) is 5.57. The molecular weight excluding hydrogens is 288 g/mol. The van der Waals surface area contributed by atoms with Crippen LogP contribution in [0.25, 0.3) is 0 Å². The van der Waals surface area contributed by atoms with Crippen molar-refractivity contribution < 1.29 is 29.3 Å². The third-order valence-electron chi connectivity index (χ3n) is 4.22. The molecule has 6 nitrogen and oxygen atoms in total. The highest BCUT2D eigenvalue weighted by molar-refractivity contribution is 6.08. The Morgan fingerprint density at radius 1 is 1.45 bits per heavy atom. The van der Waals surface area contributed by atoms with E-state index in [0.29, 0.717) is 5.56 Å². The normalized spacial score (nSPS) is 29.3. The van der Waals surface area contributed by atoms with Crippen molar-refractivity contribution in [3.63, 3.8) is 0 Å². The maximum absolute atomic E-state index is 12.8. The summed E-state index contributed by atoms with van der Waals surface area (Å²) in [6.07, 6.45) is 1.95. The van der Waals surface area contributed by atoms with Crippen LogP contribution in [-0.2, 0) is 9.53 Å². The van der Waals surface area contributed by atoms with Gasteiger partial charge in [0, 0.05) is 0 Å². The number of hydrogen-bond acceptors (Lipinski definition) is 6. The zero-order valence-electron chi connectivity index (χ0n) is 12.2. The lowest BCUT2D eigenvalue weighted by Crippen LogP contribution is -2.64. The number of ketones is 1. The van der Waals surface area contributed by atoms with E-state index in [9.17, 15) is 19.8 Å². The minimum atomic E-state index is -1.81. The largest absolute Gasteiger partial charge is 0.507 e. The monoisotopic (exact) mass is 304 g/mol. The van der Waals surface area contributed by atoms with Crippen molar-refractivity contribution in [2.24, 2.45) is 5.92 Å². The molecule has 0 unspecified atom stereocenters. The molecule has 22 heavy (non-hydrogen) atoms. The van der Waals surface area contributed by atoms with Crippen LogP contribution in [0.3, 0.4) is 0 Å². The maximum Gasteiger partial charge on any atom is 0.354 e. The van der Waals surface area contributed by atoms with Gasteiger partial charge in [0.15, 0.2) is 5.78 Å². The number of aromatic hydroxyl groups is 1. The topological polar surface area (TPSA) is 93.1 Å². The number of phenols is 1.